The van der Waals surface area contributed by atoms with Gasteiger partial charge in [0.1, 0.15) is 17.4 Å². The van der Waals surface area contributed by atoms with Gasteiger partial charge in [0.05, 0.1) is 10.7 Å². The molecule has 0 aliphatic heterocycles. The van der Waals surface area contributed by atoms with Gasteiger partial charge < -0.3 is 4.74 Å². The average Bonchev–Trinajstić information content (AvgIpc) is 2.55. The molecule has 2 aromatic rings. The van der Waals surface area contributed by atoms with Crippen LogP contribution in [0.1, 0.15) is 48.0 Å². The number of hydrogen-bond acceptors (Lipinski definition) is 5. The van der Waals surface area contributed by atoms with Crippen LogP contribution in [0.3, 0.4) is 0 Å². The topological polar surface area (TPSA) is 75.9 Å². The summed E-state index contributed by atoms with van der Waals surface area (Å²) >= 11 is 6.14. The number of carbonyl (C=O) groups excluding carboxylic acids is 1. The maximum atomic E-state index is 11.4. The number of ether oxygens (including phenoxy) is 1. The summed E-state index contributed by atoms with van der Waals surface area (Å²) in [5, 5.41) is 17.8. The molecule has 0 fully saturated rings. The molecule has 118 valence electrons. The third-order valence-corrected chi connectivity index (χ3v) is 3.77. The van der Waals surface area contributed by atoms with Crippen LogP contribution in [0.5, 0.6) is 11.6 Å². The van der Waals surface area contributed by atoms with E-state index in [-0.39, 0.29) is 16.7 Å². The van der Waals surface area contributed by atoms with Crippen molar-refractivity contribution < 1.29 is 9.53 Å². The van der Waals surface area contributed by atoms with E-state index in [9.17, 15) is 10.1 Å². The molecule has 0 saturated carbocycles. The molecule has 1 aromatic heterocycles. The number of halogens is 1. The normalized spacial score (nSPS) is 10.2. The van der Waals surface area contributed by atoms with Crippen molar-refractivity contribution in [1.82, 2.24) is 10.2 Å². The lowest BCUT2D eigenvalue weighted by Gasteiger charge is -2.12. The summed E-state index contributed by atoms with van der Waals surface area (Å²) in [6.45, 7) is 5.38. The maximum Gasteiger partial charge on any atom is 0.257 e. The number of hydrogen-bond donors (Lipinski definition) is 0. The molecule has 2 rings (SSSR count). The van der Waals surface area contributed by atoms with Gasteiger partial charge in [0.15, 0.2) is 5.78 Å². The molecular formula is C17H16ClN3O2. The fraction of sp³-hybridized carbons (Fsp3) is 0.294. The van der Waals surface area contributed by atoms with Crippen LogP contribution in [-0.4, -0.2) is 16.0 Å². The summed E-state index contributed by atoms with van der Waals surface area (Å²) in [6, 6.07) is 6.86. The van der Waals surface area contributed by atoms with Gasteiger partial charge in [0, 0.05) is 5.56 Å². The van der Waals surface area contributed by atoms with Crippen LogP contribution >= 0.6 is 11.6 Å². The molecule has 6 heteroatoms. The van der Waals surface area contributed by atoms with Gasteiger partial charge in [-0.3, -0.25) is 4.79 Å². The smallest absolute Gasteiger partial charge is 0.257 e. The van der Waals surface area contributed by atoms with Gasteiger partial charge in [0.2, 0.25) is 0 Å². The molecule has 0 saturated heterocycles. The zero-order valence-corrected chi connectivity index (χ0v) is 13.9. The lowest BCUT2D eigenvalue weighted by molar-refractivity contribution is 0.101. The minimum atomic E-state index is -0.0866. The van der Waals surface area contributed by atoms with E-state index in [4.69, 9.17) is 16.3 Å². The molecular weight excluding hydrogens is 314 g/mol. The van der Waals surface area contributed by atoms with Crippen molar-refractivity contribution in [3.8, 4) is 17.7 Å². The number of carbonyl (C=O) groups is 1. The highest BCUT2D eigenvalue weighted by Crippen LogP contribution is 2.32. The summed E-state index contributed by atoms with van der Waals surface area (Å²) < 4.78 is 5.67. The number of Topliss-reactive ketones (excluding diaryl/α,β-unsaturated/α-hetero) is 1. The van der Waals surface area contributed by atoms with E-state index in [2.05, 4.69) is 16.3 Å². The summed E-state index contributed by atoms with van der Waals surface area (Å²) in [6.07, 6.45) is 1.36. The van der Waals surface area contributed by atoms with Crippen LogP contribution in [0.4, 0.5) is 0 Å². The third-order valence-electron chi connectivity index (χ3n) is 3.47. The summed E-state index contributed by atoms with van der Waals surface area (Å²) in [4.78, 5) is 11.4. The summed E-state index contributed by atoms with van der Waals surface area (Å²) in [5.41, 5.74) is 2.47. The Hall–Kier alpha value is -2.45. The first-order valence-electron chi connectivity index (χ1n) is 7.28. The number of nitrogens with zero attached hydrogens (tertiary/aromatic N) is 3. The van der Waals surface area contributed by atoms with Gasteiger partial charge in [-0.1, -0.05) is 25.4 Å². The summed E-state index contributed by atoms with van der Waals surface area (Å²) in [7, 11) is 0. The Bertz CT molecular complexity index is 797. The molecule has 0 atom stereocenters. The van der Waals surface area contributed by atoms with Crippen molar-refractivity contribution in [2.75, 3.05) is 0 Å². The predicted octanol–water partition coefficient (Wildman–Crippen LogP) is 4.12. The van der Waals surface area contributed by atoms with E-state index in [1.54, 1.807) is 12.1 Å². The second-order valence-corrected chi connectivity index (χ2v) is 5.33. The van der Waals surface area contributed by atoms with Crippen molar-refractivity contribution in [3.05, 3.63) is 45.6 Å². The zero-order chi connectivity index (χ0) is 17.0. The monoisotopic (exact) mass is 329 g/mol. The van der Waals surface area contributed by atoms with Crippen molar-refractivity contribution >= 4 is 17.4 Å². The molecule has 5 nitrogen and oxygen atoms in total. The Morgan fingerprint density at radius 3 is 2.57 bits per heavy atom. The molecule has 1 aromatic carbocycles. The van der Waals surface area contributed by atoms with Crippen molar-refractivity contribution in [1.29, 1.82) is 5.26 Å². The van der Waals surface area contributed by atoms with Crippen LogP contribution in [0.15, 0.2) is 18.2 Å². The predicted molar refractivity (Wildman–Crippen MR) is 87.0 cm³/mol. The molecule has 1 heterocycles. The van der Waals surface area contributed by atoms with Gasteiger partial charge in [-0.2, -0.15) is 10.4 Å². The Labute approximate surface area is 139 Å². The number of aryl methyl sites for hydroxylation is 1. The fourth-order valence-corrected chi connectivity index (χ4v) is 2.47. The molecule has 0 aliphatic carbocycles. The van der Waals surface area contributed by atoms with Gasteiger partial charge in [0.25, 0.3) is 5.88 Å². The molecule has 0 aliphatic rings. The average molecular weight is 330 g/mol. The van der Waals surface area contributed by atoms with Gasteiger partial charge in [-0.05, 0) is 43.5 Å². The van der Waals surface area contributed by atoms with Gasteiger partial charge in [-0.15, -0.1) is 5.10 Å². The second-order valence-electron chi connectivity index (χ2n) is 4.93. The third kappa shape index (κ3) is 3.49. The largest absolute Gasteiger partial charge is 0.435 e. The van der Waals surface area contributed by atoms with E-state index in [1.165, 1.54) is 13.0 Å². The lowest BCUT2D eigenvalue weighted by Crippen LogP contribution is -2.05. The van der Waals surface area contributed by atoms with Crippen LogP contribution in [0, 0.1) is 11.3 Å². The highest BCUT2D eigenvalue weighted by molar-refractivity contribution is 6.32. The first-order valence-corrected chi connectivity index (χ1v) is 7.66. The fourth-order valence-electron chi connectivity index (χ4n) is 2.25. The van der Waals surface area contributed by atoms with E-state index < -0.39 is 0 Å². The standard InChI is InChI=1S/C17H16ClN3O2/c1-4-12-13(9-19)17(21-20-15(12)5-2)23-16-7-6-11(10(3)22)8-14(16)18/h6-8H,4-5H2,1-3H3. The first kappa shape index (κ1) is 16.9. The molecule has 23 heavy (non-hydrogen) atoms. The molecule has 0 amide bonds. The van der Waals surface area contributed by atoms with Crippen LogP contribution in [0.25, 0.3) is 0 Å². The Kier molecular flexibility index (Phi) is 5.30. The molecule has 0 bridgehead atoms. The van der Waals surface area contributed by atoms with E-state index in [0.29, 0.717) is 29.7 Å². The van der Waals surface area contributed by atoms with E-state index >= 15 is 0 Å². The SMILES string of the molecule is CCc1nnc(Oc2ccc(C(C)=O)cc2Cl)c(C#N)c1CC. The van der Waals surface area contributed by atoms with Crippen molar-refractivity contribution in [3.63, 3.8) is 0 Å². The number of ketones is 1. The highest BCUT2D eigenvalue weighted by atomic mass is 35.5. The Morgan fingerprint density at radius 2 is 2.04 bits per heavy atom. The van der Waals surface area contributed by atoms with Gasteiger partial charge >= 0.3 is 0 Å². The Morgan fingerprint density at radius 1 is 1.30 bits per heavy atom. The molecule has 0 radical (unpaired) electrons. The van der Waals surface area contributed by atoms with Crippen LogP contribution in [-0.2, 0) is 12.8 Å². The number of benzene rings is 1. The van der Waals surface area contributed by atoms with Crippen LogP contribution in [0.2, 0.25) is 5.02 Å². The van der Waals surface area contributed by atoms with Crippen molar-refractivity contribution in [2.45, 2.75) is 33.6 Å². The number of rotatable bonds is 5. The highest BCUT2D eigenvalue weighted by Gasteiger charge is 2.17. The van der Waals surface area contributed by atoms with E-state index in [1.807, 2.05) is 13.8 Å². The van der Waals surface area contributed by atoms with Crippen LogP contribution < -0.4 is 4.74 Å². The van der Waals surface area contributed by atoms with Crippen molar-refractivity contribution in [2.24, 2.45) is 0 Å². The molecule has 0 spiro atoms. The first-order chi connectivity index (χ1) is 11.0. The zero-order valence-electron chi connectivity index (χ0n) is 13.2. The summed E-state index contributed by atoms with van der Waals surface area (Å²) in [5.74, 6) is 0.365. The molecule has 0 N–H and O–H groups in total. The quantitative estimate of drug-likeness (QED) is 0.771. The number of aromatic nitrogens is 2. The van der Waals surface area contributed by atoms with Gasteiger partial charge in [-0.25, -0.2) is 0 Å². The second kappa shape index (κ2) is 7.21. The lowest BCUT2D eigenvalue weighted by atomic mass is 10.0. The minimum Gasteiger partial charge on any atom is -0.435 e. The van der Waals surface area contributed by atoms with E-state index in [0.717, 1.165) is 11.3 Å². The maximum absolute atomic E-state index is 11.4. The minimum absolute atomic E-state index is 0.0866. The number of nitriles is 1. The molecule has 0 unspecified atom stereocenters. The Balaban J connectivity index is 2.45.